The largest absolute Gasteiger partial charge is 0.351 e. The van der Waals surface area contributed by atoms with Crippen LogP contribution in [0.1, 0.15) is 59.8 Å². The van der Waals surface area contributed by atoms with Crippen LogP contribution in [0.4, 0.5) is 0 Å². The van der Waals surface area contributed by atoms with Crippen LogP contribution in [0.5, 0.6) is 0 Å². The van der Waals surface area contributed by atoms with Crippen LogP contribution < -0.4 is 5.32 Å². The molecule has 92 valence electrons. The minimum Gasteiger partial charge on any atom is -0.351 e. The third-order valence-electron chi connectivity index (χ3n) is 3.60. The molecule has 0 aromatic carbocycles. The van der Waals surface area contributed by atoms with Crippen molar-refractivity contribution in [3.8, 4) is 0 Å². The summed E-state index contributed by atoms with van der Waals surface area (Å²) >= 11 is 0. The quantitative estimate of drug-likeness (QED) is 0.727. The predicted molar refractivity (Wildman–Crippen MR) is 68.2 cm³/mol. The van der Waals surface area contributed by atoms with Crippen LogP contribution >= 0.6 is 0 Å². The second-order valence-electron chi connectivity index (χ2n) is 5.54. The normalized spacial score (nSPS) is 21.5. The number of hydrogen-bond acceptors (Lipinski definition) is 1. The topological polar surface area (TPSA) is 29.1 Å². The minimum atomic E-state index is -0.0660. The first-order valence-electron chi connectivity index (χ1n) is 6.42. The highest BCUT2D eigenvalue weighted by atomic mass is 16.1. The van der Waals surface area contributed by atoms with E-state index >= 15 is 0 Å². The van der Waals surface area contributed by atoms with Crippen molar-refractivity contribution in [2.75, 3.05) is 0 Å². The molecule has 0 bridgehead atoms. The molecule has 0 spiro atoms. The molecule has 16 heavy (non-hydrogen) atoms. The molecule has 1 aliphatic rings. The van der Waals surface area contributed by atoms with E-state index < -0.39 is 0 Å². The molecule has 1 amide bonds. The molecule has 0 saturated carbocycles. The van der Waals surface area contributed by atoms with Gasteiger partial charge in [-0.3, -0.25) is 4.79 Å². The molecule has 1 N–H and O–H groups in total. The smallest absolute Gasteiger partial charge is 0.220 e. The highest BCUT2D eigenvalue weighted by Crippen LogP contribution is 2.31. The fraction of sp³-hybridized carbons (Fsp3) is 0.786. The van der Waals surface area contributed by atoms with Crippen LogP contribution in [0.15, 0.2) is 11.6 Å². The first-order valence-corrected chi connectivity index (χ1v) is 6.42. The van der Waals surface area contributed by atoms with Crippen molar-refractivity contribution >= 4 is 5.91 Å². The highest BCUT2D eigenvalue weighted by Gasteiger charge is 2.31. The molecule has 1 rings (SSSR count). The van der Waals surface area contributed by atoms with Crippen molar-refractivity contribution in [3.63, 3.8) is 0 Å². The van der Waals surface area contributed by atoms with E-state index in [4.69, 9.17) is 0 Å². The van der Waals surface area contributed by atoms with E-state index in [1.54, 1.807) is 0 Å². The van der Waals surface area contributed by atoms with Gasteiger partial charge in [-0.05, 0) is 52.4 Å². The van der Waals surface area contributed by atoms with Crippen LogP contribution in [0.25, 0.3) is 0 Å². The molecule has 1 unspecified atom stereocenters. The number of carbonyl (C=O) groups is 1. The van der Waals surface area contributed by atoms with E-state index in [2.05, 4.69) is 32.2 Å². The average Bonchev–Trinajstić information content (AvgIpc) is 2.17. The lowest BCUT2D eigenvalue weighted by molar-refractivity contribution is -0.123. The van der Waals surface area contributed by atoms with Crippen LogP contribution in [0, 0.1) is 5.92 Å². The Hall–Kier alpha value is -0.790. The second kappa shape index (κ2) is 5.51. The fourth-order valence-electron chi connectivity index (χ4n) is 2.37. The fourth-order valence-corrected chi connectivity index (χ4v) is 2.37. The van der Waals surface area contributed by atoms with Gasteiger partial charge in [0.25, 0.3) is 0 Å². The molecule has 0 aromatic heterocycles. The van der Waals surface area contributed by atoms with Crippen molar-refractivity contribution < 1.29 is 4.79 Å². The third-order valence-corrected chi connectivity index (χ3v) is 3.60. The molecule has 2 heteroatoms. The Labute approximate surface area is 99.5 Å². The highest BCUT2D eigenvalue weighted by molar-refractivity contribution is 5.76. The molecule has 0 aliphatic heterocycles. The Balaban J connectivity index is 2.53. The molecular formula is C14H25NO. The number of hydrogen-bond donors (Lipinski definition) is 1. The van der Waals surface area contributed by atoms with Crippen molar-refractivity contribution in [2.24, 2.45) is 5.92 Å². The summed E-state index contributed by atoms with van der Waals surface area (Å²) in [5.41, 5.74) is 1.43. The van der Waals surface area contributed by atoms with E-state index in [1.165, 1.54) is 18.4 Å². The number of carbonyl (C=O) groups excluding carboxylic acids is 1. The van der Waals surface area contributed by atoms with Crippen molar-refractivity contribution in [1.82, 2.24) is 5.32 Å². The summed E-state index contributed by atoms with van der Waals surface area (Å²) in [5.74, 6) is 0.774. The van der Waals surface area contributed by atoms with Gasteiger partial charge in [-0.2, -0.15) is 0 Å². The summed E-state index contributed by atoms with van der Waals surface area (Å²) in [6.45, 7) is 8.54. The van der Waals surface area contributed by atoms with Gasteiger partial charge in [-0.15, -0.1) is 0 Å². The van der Waals surface area contributed by atoms with Crippen molar-refractivity contribution in [2.45, 2.75) is 65.3 Å². The summed E-state index contributed by atoms with van der Waals surface area (Å²) in [6.07, 6.45) is 7.36. The molecule has 0 aromatic rings. The van der Waals surface area contributed by atoms with Crippen LogP contribution in [-0.4, -0.2) is 11.4 Å². The number of amides is 1. The van der Waals surface area contributed by atoms with Gasteiger partial charge < -0.3 is 5.32 Å². The van der Waals surface area contributed by atoms with Crippen LogP contribution in [-0.2, 0) is 4.79 Å². The first kappa shape index (κ1) is 13.3. The lowest BCUT2D eigenvalue weighted by Crippen LogP contribution is -2.49. The maximum atomic E-state index is 11.6. The molecule has 0 fully saturated rings. The average molecular weight is 223 g/mol. The Kier molecular flexibility index (Phi) is 4.57. The summed E-state index contributed by atoms with van der Waals surface area (Å²) in [6, 6.07) is 0. The maximum Gasteiger partial charge on any atom is 0.220 e. The number of allylic oxidation sites excluding steroid dienone is 2. The first-order chi connectivity index (χ1) is 7.45. The summed E-state index contributed by atoms with van der Waals surface area (Å²) in [7, 11) is 0. The van der Waals surface area contributed by atoms with Gasteiger partial charge in [-0.1, -0.05) is 18.6 Å². The van der Waals surface area contributed by atoms with E-state index in [0.717, 1.165) is 12.8 Å². The summed E-state index contributed by atoms with van der Waals surface area (Å²) < 4.78 is 0. The molecule has 2 nitrogen and oxygen atoms in total. The van der Waals surface area contributed by atoms with Gasteiger partial charge in [0, 0.05) is 12.0 Å². The van der Waals surface area contributed by atoms with Gasteiger partial charge in [0.15, 0.2) is 0 Å². The monoisotopic (exact) mass is 223 g/mol. The molecule has 1 atom stereocenters. The Morgan fingerprint density at radius 2 is 2.25 bits per heavy atom. The lowest BCUT2D eigenvalue weighted by Gasteiger charge is -2.37. The second-order valence-corrected chi connectivity index (χ2v) is 5.54. The zero-order chi connectivity index (χ0) is 12.2. The van der Waals surface area contributed by atoms with Crippen molar-refractivity contribution in [3.05, 3.63) is 11.6 Å². The standard InChI is InChI=1S/C14H25NO/c1-5-6-13(16)15-14(3,4)12-9-7-11(2)8-10-12/h7,12H,5-6,8-10H2,1-4H3,(H,15,16). The van der Waals surface area contributed by atoms with Gasteiger partial charge >= 0.3 is 0 Å². The van der Waals surface area contributed by atoms with Gasteiger partial charge in [0.1, 0.15) is 0 Å². The summed E-state index contributed by atoms with van der Waals surface area (Å²) in [5, 5.41) is 3.17. The molecule has 0 saturated heterocycles. The Morgan fingerprint density at radius 3 is 2.75 bits per heavy atom. The predicted octanol–water partition coefficient (Wildman–Crippen LogP) is 3.43. The van der Waals surface area contributed by atoms with Crippen molar-refractivity contribution in [1.29, 1.82) is 0 Å². The molecule has 0 radical (unpaired) electrons. The van der Waals surface area contributed by atoms with E-state index in [0.29, 0.717) is 12.3 Å². The SMILES string of the molecule is CCCC(=O)NC(C)(C)C1CC=C(C)CC1. The maximum absolute atomic E-state index is 11.6. The molecule has 0 heterocycles. The number of nitrogens with one attached hydrogen (secondary N) is 1. The minimum absolute atomic E-state index is 0.0660. The zero-order valence-corrected chi connectivity index (χ0v) is 11.1. The summed E-state index contributed by atoms with van der Waals surface area (Å²) in [4.78, 5) is 11.6. The Bertz CT molecular complexity index is 278. The van der Waals surface area contributed by atoms with E-state index in [-0.39, 0.29) is 11.4 Å². The van der Waals surface area contributed by atoms with Gasteiger partial charge in [0.05, 0.1) is 0 Å². The third kappa shape index (κ3) is 3.66. The number of rotatable bonds is 4. The van der Waals surface area contributed by atoms with Gasteiger partial charge in [-0.25, -0.2) is 0 Å². The molecule has 1 aliphatic carbocycles. The van der Waals surface area contributed by atoms with Crippen LogP contribution in [0.2, 0.25) is 0 Å². The van der Waals surface area contributed by atoms with Gasteiger partial charge in [0.2, 0.25) is 5.91 Å². The van der Waals surface area contributed by atoms with E-state index in [9.17, 15) is 4.79 Å². The van der Waals surface area contributed by atoms with E-state index in [1.807, 2.05) is 6.92 Å². The zero-order valence-electron chi connectivity index (χ0n) is 11.1. The molecular weight excluding hydrogens is 198 g/mol. The lowest BCUT2D eigenvalue weighted by atomic mass is 9.77. The Morgan fingerprint density at radius 1 is 1.56 bits per heavy atom. The van der Waals surface area contributed by atoms with Crippen LogP contribution in [0.3, 0.4) is 0 Å².